The third kappa shape index (κ3) is 11.5. The zero-order chi connectivity index (χ0) is 40.8. The summed E-state index contributed by atoms with van der Waals surface area (Å²) in [6.45, 7) is 21.3. The fourth-order valence-corrected chi connectivity index (χ4v) is 6.12. The van der Waals surface area contributed by atoms with Crippen LogP contribution in [-0.2, 0) is 20.9 Å². The number of halogens is 1. The van der Waals surface area contributed by atoms with Gasteiger partial charge in [0, 0.05) is 68.0 Å². The first kappa shape index (κ1) is 42.8. The Morgan fingerprint density at radius 3 is 2.46 bits per heavy atom. The minimum absolute atomic E-state index is 0.234. The van der Waals surface area contributed by atoms with Gasteiger partial charge in [-0.1, -0.05) is 76.3 Å². The third-order valence-electron chi connectivity index (χ3n) is 8.94. The number of esters is 1. The number of anilines is 3. The largest absolute Gasteiger partial charge is 0.432 e. The summed E-state index contributed by atoms with van der Waals surface area (Å²) in [5, 5.41) is 16.4. The zero-order valence-electron chi connectivity index (χ0n) is 33.7. The summed E-state index contributed by atoms with van der Waals surface area (Å²) in [5.74, 6) is 1.40. The molecule has 1 aliphatic rings. The first-order chi connectivity index (χ1) is 26.9. The molecule has 0 aliphatic carbocycles. The fourth-order valence-electron chi connectivity index (χ4n) is 6.12. The zero-order valence-corrected chi connectivity index (χ0v) is 33.7. The Morgan fingerprint density at radius 2 is 1.79 bits per heavy atom. The molecule has 0 bridgehead atoms. The number of hydrogen-bond acceptors (Lipinski definition) is 10. The molecule has 6 rings (SSSR count). The number of nitrogens with one attached hydrogen (secondary N) is 3. The molecule has 4 heterocycles. The number of hydrogen-bond donors (Lipinski definition) is 3. The van der Waals surface area contributed by atoms with Gasteiger partial charge in [0.15, 0.2) is 5.65 Å². The van der Waals surface area contributed by atoms with Gasteiger partial charge < -0.3 is 20.7 Å². The minimum Gasteiger partial charge on any atom is -0.432 e. The summed E-state index contributed by atoms with van der Waals surface area (Å²) in [5.41, 5.74) is 7.79. The highest BCUT2D eigenvalue weighted by molar-refractivity contribution is 5.97. The van der Waals surface area contributed by atoms with Crippen LogP contribution in [0.4, 0.5) is 22.0 Å². The molecule has 5 aromatic rings. The molecule has 0 fully saturated rings. The van der Waals surface area contributed by atoms with Crippen LogP contribution in [0.1, 0.15) is 78.9 Å². The van der Waals surface area contributed by atoms with E-state index in [0.29, 0.717) is 37.2 Å². The molecular formula is C43H54FN9O3. The maximum absolute atomic E-state index is 11.3. The van der Waals surface area contributed by atoms with Crippen molar-refractivity contribution in [3.63, 3.8) is 0 Å². The van der Waals surface area contributed by atoms with E-state index in [-0.39, 0.29) is 17.7 Å². The molecule has 3 aromatic heterocycles. The van der Waals surface area contributed by atoms with E-state index in [1.807, 2.05) is 70.3 Å². The number of rotatable bonds is 13. The van der Waals surface area contributed by atoms with Crippen molar-refractivity contribution in [1.82, 2.24) is 29.5 Å². The molecule has 296 valence electrons. The summed E-state index contributed by atoms with van der Waals surface area (Å²) in [6, 6.07) is 15.9. The average Bonchev–Trinajstić information content (AvgIpc) is 3.62. The Bertz CT molecular complexity index is 2210. The third-order valence-corrected chi connectivity index (χ3v) is 8.94. The van der Waals surface area contributed by atoms with Gasteiger partial charge in [-0.15, -0.1) is 0 Å². The molecule has 13 heteroatoms. The van der Waals surface area contributed by atoms with Crippen LogP contribution in [-0.4, -0.2) is 68.0 Å². The van der Waals surface area contributed by atoms with Gasteiger partial charge in [0.05, 0.1) is 17.7 Å². The van der Waals surface area contributed by atoms with Gasteiger partial charge in [-0.3, -0.25) is 19.5 Å². The molecule has 0 atom stereocenters. The Kier molecular flexibility index (Phi) is 15.8. The Morgan fingerprint density at radius 1 is 1.04 bits per heavy atom. The molecule has 56 heavy (non-hydrogen) atoms. The topological polar surface area (TPSA) is 139 Å². The van der Waals surface area contributed by atoms with E-state index in [2.05, 4.69) is 64.6 Å². The van der Waals surface area contributed by atoms with Gasteiger partial charge in [0.25, 0.3) is 0 Å². The predicted octanol–water partition coefficient (Wildman–Crippen LogP) is 9.06. The molecule has 0 saturated carbocycles. The standard InChI is InChI=1S/C38H43N9O3.C3H5F.C2H6/c1-24(2)34-21-43-47-36(34)44-37(40-19-28-13-16-46(17-14-28)22-25(3)26(4)50-27(5)49)45-38(47)41-20-30-8-6-7-9-32(30)35-33-11-10-31(42-23-48)18-29(33)12-15-39-35;1-3(2)4;1-2/h6-13,15,18,21,23-24H,14,16-17,19-20,22H2,1-5H3,(H,42,48)(H2,40,41,44,45);1H2,2H3;1-2H3/b26-25+;;. The number of fused-ring (bicyclic) bond motifs is 2. The summed E-state index contributed by atoms with van der Waals surface area (Å²) >= 11 is 0. The molecule has 2 aromatic carbocycles. The fraction of sp³-hybridized carbons (Fsp3) is 0.349. The SMILES string of the molecule is C=C(C)F.CC.CC(=O)O/C(C)=C(\C)CN1CC=C(CNc2nc(NCc3ccccc3-c3nccc4cc(NC=O)ccc34)n3ncc(C(C)C)c3n2)CC1. The van der Waals surface area contributed by atoms with E-state index < -0.39 is 0 Å². The lowest BCUT2D eigenvalue weighted by Gasteiger charge is -2.27. The molecule has 0 unspecified atom stereocenters. The lowest BCUT2D eigenvalue weighted by atomic mass is 9.99. The van der Waals surface area contributed by atoms with Crippen molar-refractivity contribution < 1.29 is 18.7 Å². The second-order valence-corrected chi connectivity index (χ2v) is 13.5. The molecule has 1 aliphatic heterocycles. The smallest absolute Gasteiger partial charge is 0.307 e. The van der Waals surface area contributed by atoms with Crippen LogP contribution in [0.15, 0.2) is 96.3 Å². The number of aromatic nitrogens is 5. The van der Waals surface area contributed by atoms with Crippen LogP contribution >= 0.6 is 0 Å². The van der Waals surface area contributed by atoms with Crippen molar-refractivity contribution >= 4 is 46.4 Å². The van der Waals surface area contributed by atoms with Crippen molar-refractivity contribution in [3.05, 3.63) is 107 Å². The highest BCUT2D eigenvalue weighted by Crippen LogP contribution is 2.31. The monoisotopic (exact) mass is 763 g/mol. The second kappa shape index (κ2) is 20.7. The maximum Gasteiger partial charge on any atom is 0.307 e. The van der Waals surface area contributed by atoms with Crippen molar-refractivity contribution in [2.24, 2.45) is 0 Å². The normalized spacial score (nSPS) is 13.1. The van der Waals surface area contributed by atoms with E-state index in [1.54, 1.807) is 10.7 Å². The molecule has 12 nitrogen and oxygen atoms in total. The van der Waals surface area contributed by atoms with Crippen molar-refractivity contribution in [2.45, 2.75) is 74.3 Å². The highest BCUT2D eigenvalue weighted by Gasteiger charge is 2.18. The quantitative estimate of drug-likeness (QED) is 0.0461. The van der Waals surface area contributed by atoms with E-state index in [9.17, 15) is 14.0 Å². The molecule has 3 N–H and O–H groups in total. The van der Waals surface area contributed by atoms with Crippen LogP contribution in [0, 0.1) is 0 Å². The molecule has 0 radical (unpaired) electrons. The average molecular weight is 764 g/mol. The first-order valence-corrected chi connectivity index (χ1v) is 18.9. The summed E-state index contributed by atoms with van der Waals surface area (Å²) in [6.07, 6.45) is 7.50. The predicted molar refractivity (Wildman–Crippen MR) is 224 cm³/mol. The van der Waals surface area contributed by atoms with E-state index >= 15 is 0 Å². The number of carbonyl (C=O) groups excluding carboxylic acids is 2. The van der Waals surface area contributed by atoms with Crippen molar-refractivity contribution in [2.75, 3.05) is 42.1 Å². The minimum atomic E-state index is -0.333. The van der Waals surface area contributed by atoms with Crippen LogP contribution < -0.4 is 16.0 Å². The second-order valence-electron chi connectivity index (χ2n) is 13.5. The number of benzene rings is 2. The number of carbonyl (C=O) groups is 2. The number of allylic oxidation sites excluding steroid dienone is 2. The van der Waals surface area contributed by atoms with Crippen molar-refractivity contribution in [3.8, 4) is 11.3 Å². The number of nitrogens with zero attached hydrogens (tertiary/aromatic N) is 6. The highest BCUT2D eigenvalue weighted by atomic mass is 19.1. The van der Waals surface area contributed by atoms with Crippen LogP contribution in [0.5, 0.6) is 0 Å². The van der Waals surface area contributed by atoms with E-state index in [1.165, 1.54) is 19.4 Å². The lowest BCUT2D eigenvalue weighted by Crippen LogP contribution is -2.31. The van der Waals surface area contributed by atoms with Gasteiger partial charge in [0.2, 0.25) is 18.3 Å². The summed E-state index contributed by atoms with van der Waals surface area (Å²) in [7, 11) is 0. The van der Waals surface area contributed by atoms with E-state index in [0.717, 1.165) is 76.1 Å². The van der Waals surface area contributed by atoms with Gasteiger partial charge in [-0.05, 0) is 67.8 Å². The number of ether oxygens (including phenoxy) is 1. The molecule has 0 saturated heterocycles. The Balaban J connectivity index is 0.00000109. The lowest BCUT2D eigenvalue weighted by molar-refractivity contribution is -0.136. The Labute approximate surface area is 329 Å². The van der Waals surface area contributed by atoms with Gasteiger partial charge in [-0.25, -0.2) is 4.39 Å². The van der Waals surface area contributed by atoms with Gasteiger partial charge in [0.1, 0.15) is 5.76 Å². The van der Waals surface area contributed by atoms with Crippen molar-refractivity contribution in [1.29, 1.82) is 0 Å². The molecular weight excluding hydrogens is 710 g/mol. The van der Waals surface area contributed by atoms with E-state index in [4.69, 9.17) is 19.7 Å². The van der Waals surface area contributed by atoms with Crippen LogP contribution in [0.25, 0.3) is 27.7 Å². The molecule has 1 amide bonds. The van der Waals surface area contributed by atoms with Crippen LogP contribution in [0.3, 0.4) is 0 Å². The van der Waals surface area contributed by atoms with Crippen LogP contribution in [0.2, 0.25) is 0 Å². The van der Waals surface area contributed by atoms with Gasteiger partial charge in [-0.2, -0.15) is 19.6 Å². The number of amides is 1. The summed E-state index contributed by atoms with van der Waals surface area (Å²) < 4.78 is 17.8. The summed E-state index contributed by atoms with van der Waals surface area (Å²) in [4.78, 5) is 39.2. The maximum atomic E-state index is 11.3. The molecule has 0 spiro atoms. The van der Waals surface area contributed by atoms with Gasteiger partial charge >= 0.3 is 5.97 Å². The Hall–Kier alpha value is -5.95. The first-order valence-electron chi connectivity index (χ1n) is 18.9. The number of pyridine rings is 1.